The highest BCUT2D eigenvalue weighted by Gasteiger charge is 2.17. The Morgan fingerprint density at radius 2 is 1.57 bits per heavy atom. The third-order valence-electron chi connectivity index (χ3n) is 3.78. The molecule has 1 heterocycles. The minimum Gasteiger partial charge on any atom is -0.503 e. The third-order valence-corrected chi connectivity index (χ3v) is 3.78. The minimum absolute atomic E-state index is 0.0384. The highest BCUT2D eigenvalue weighted by Crippen LogP contribution is 2.31. The van der Waals surface area contributed by atoms with Crippen molar-refractivity contribution in [3.63, 3.8) is 0 Å². The summed E-state index contributed by atoms with van der Waals surface area (Å²) >= 11 is 0. The van der Waals surface area contributed by atoms with Crippen LogP contribution in [-0.2, 0) is 9.53 Å². The van der Waals surface area contributed by atoms with Gasteiger partial charge in [-0.2, -0.15) is 0 Å². The Hall–Kier alpha value is -3.87. The number of nitrogens with zero attached hydrogens (tertiary/aromatic N) is 2. The Morgan fingerprint density at radius 3 is 2.21 bits per heavy atom. The van der Waals surface area contributed by atoms with Crippen LogP contribution in [0.2, 0.25) is 0 Å². The number of carbonyl (C=O) groups is 1. The van der Waals surface area contributed by atoms with Gasteiger partial charge in [0.05, 0.1) is 19.4 Å². The van der Waals surface area contributed by atoms with Crippen molar-refractivity contribution in [1.82, 2.24) is 9.97 Å². The van der Waals surface area contributed by atoms with E-state index in [0.29, 0.717) is 22.9 Å². The lowest BCUT2D eigenvalue weighted by Crippen LogP contribution is -2.02. The number of benzene rings is 2. The van der Waals surface area contributed by atoms with Gasteiger partial charge in [-0.25, -0.2) is 14.8 Å². The second kappa shape index (κ2) is 8.68. The van der Waals surface area contributed by atoms with Crippen LogP contribution in [0, 0.1) is 6.92 Å². The highest BCUT2D eigenvalue weighted by atomic mass is 16.5. The number of hydrogen-bond acceptors (Lipinski definition) is 6. The number of aromatic nitrogens is 2. The molecule has 0 aliphatic heterocycles. The van der Waals surface area contributed by atoms with Crippen molar-refractivity contribution in [1.29, 1.82) is 0 Å². The van der Waals surface area contributed by atoms with Gasteiger partial charge in [-0.1, -0.05) is 36.4 Å². The first-order chi connectivity index (χ1) is 13.6. The first kappa shape index (κ1) is 18.9. The number of carboxylic acid groups (broad SMARTS) is 1. The largest absolute Gasteiger partial charge is 0.503 e. The van der Waals surface area contributed by atoms with E-state index in [9.17, 15) is 9.90 Å². The summed E-state index contributed by atoms with van der Waals surface area (Å²) in [5.74, 6) is 0.373. The molecule has 0 spiro atoms. The standard InChI is InChI=1S/C21H18N2O5/c1-14-7-3-5-9-17(14)27-19-11-20(23-13-22-19)28-18-10-6-4-8-15(18)16(12-26-2)21(24)25/h3-13H,1-2H3,(H,24,25)/b16-12+. The molecule has 0 amide bonds. The van der Waals surface area contributed by atoms with Crippen LogP contribution in [0.1, 0.15) is 11.1 Å². The SMILES string of the molecule is CO/C=C(/C(=O)O)c1ccccc1Oc1cc(Oc2ccccc2C)ncn1. The highest BCUT2D eigenvalue weighted by molar-refractivity contribution is 6.15. The molecule has 0 unspecified atom stereocenters. The molecule has 142 valence electrons. The van der Waals surface area contributed by atoms with Gasteiger partial charge in [0.25, 0.3) is 0 Å². The monoisotopic (exact) mass is 378 g/mol. The molecule has 0 fully saturated rings. The number of carboxylic acids is 1. The van der Waals surface area contributed by atoms with Gasteiger partial charge in [-0.15, -0.1) is 0 Å². The van der Waals surface area contributed by atoms with Crippen LogP contribution in [-0.4, -0.2) is 28.2 Å². The normalized spacial score (nSPS) is 11.0. The van der Waals surface area contributed by atoms with E-state index in [-0.39, 0.29) is 11.5 Å². The summed E-state index contributed by atoms with van der Waals surface area (Å²) < 4.78 is 16.5. The Balaban J connectivity index is 1.88. The van der Waals surface area contributed by atoms with Crippen LogP contribution in [0.5, 0.6) is 23.3 Å². The second-order valence-corrected chi connectivity index (χ2v) is 5.73. The number of rotatable bonds is 7. The fraction of sp³-hybridized carbons (Fsp3) is 0.0952. The quantitative estimate of drug-likeness (QED) is 0.480. The predicted molar refractivity (Wildman–Crippen MR) is 102 cm³/mol. The lowest BCUT2D eigenvalue weighted by atomic mass is 10.1. The third kappa shape index (κ3) is 4.45. The number of aliphatic carboxylic acids is 1. The smallest absolute Gasteiger partial charge is 0.339 e. The van der Waals surface area contributed by atoms with Crippen LogP contribution in [0.3, 0.4) is 0 Å². The molecule has 7 nitrogen and oxygen atoms in total. The summed E-state index contributed by atoms with van der Waals surface area (Å²) in [6.45, 7) is 1.93. The van der Waals surface area contributed by atoms with E-state index in [1.165, 1.54) is 19.5 Å². The van der Waals surface area contributed by atoms with E-state index in [1.54, 1.807) is 24.3 Å². The molecule has 0 radical (unpaired) electrons. The Morgan fingerprint density at radius 1 is 0.964 bits per heavy atom. The molecular weight excluding hydrogens is 360 g/mol. The first-order valence-corrected chi connectivity index (χ1v) is 8.37. The van der Waals surface area contributed by atoms with Gasteiger partial charge in [0.2, 0.25) is 11.8 Å². The lowest BCUT2D eigenvalue weighted by Gasteiger charge is -2.12. The number of ether oxygens (including phenoxy) is 3. The van der Waals surface area contributed by atoms with Crippen molar-refractivity contribution in [2.45, 2.75) is 6.92 Å². The van der Waals surface area contributed by atoms with E-state index in [2.05, 4.69) is 9.97 Å². The zero-order valence-electron chi connectivity index (χ0n) is 15.3. The summed E-state index contributed by atoms with van der Waals surface area (Å²) in [4.78, 5) is 19.7. The van der Waals surface area contributed by atoms with E-state index in [1.807, 2.05) is 31.2 Å². The number of aryl methyl sites for hydroxylation is 1. The molecule has 1 N–H and O–H groups in total. The maximum absolute atomic E-state index is 11.5. The Bertz CT molecular complexity index is 1020. The zero-order chi connectivity index (χ0) is 19.9. The van der Waals surface area contributed by atoms with Crippen LogP contribution < -0.4 is 9.47 Å². The summed E-state index contributed by atoms with van der Waals surface area (Å²) in [6.07, 6.45) is 2.46. The first-order valence-electron chi connectivity index (χ1n) is 8.37. The molecule has 0 saturated carbocycles. The van der Waals surface area contributed by atoms with E-state index in [0.717, 1.165) is 11.8 Å². The summed E-state index contributed by atoms with van der Waals surface area (Å²) in [6, 6.07) is 15.8. The molecule has 3 aromatic rings. The molecule has 3 rings (SSSR count). The minimum atomic E-state index is -1.14. The van der Waals surface area contributed by atoms with Gasteiger partial charge >= 0.3 is 5.97 Å². The molecule has 1 aromatic heterocycles. The number of methoxy groups -OCH3 is 1. The zero-order valence-corrected chi connectivity index (χ0v) is 15.3. The average Bonchev–Trinajstić information content (AvgIpc) is 2.69. The van der Waals surface area contributed by atoms with Crippen molar-refractivity contribution in [2.24, 2.45) is 0 Å². The fourth-order valence-corrected chi connectivity index (χ4v) is 2.46. The van der Waals surface area contributed by atoms with Crippen molar-refractivity contribution in [3.05, 3.63) is 78.3 Å². The van der Waals surface area contributed by atoms with Gasteiger partial charge in [-0.3, -0.25) is 0 Å². The van der Waals surface area contributed by atoms with Gasteiger partial charge in [0.15, 0.2) is 0 Å². The molecule has 0 saturated heterocycles. The second-order valence-electron chi connectivity index (χ2n) is 5.73. The Kier molecular flexibility index (Phi) is 5.86. The summed E-state index contributed by atoms with van der Waals surface area (Å²) in [5, 5.41) is 9.43. The van der Waals surface area contributed by atoms with Gasteiger partial charge < -0.3 is 19.3 Å². The van der Waals surface area contributed by atoms with Crippen LogP contribution in [0.4, 0.5) is 0 Å². The van der Waals surface area contributed by atoms with Crippen molar-refractivity contribution in [3.8, 4) is 23.3 Å². The van der Waals surface area contributed by atoms with Crippen LogP contribution in [0.15, 0.2) is 67.2 Å². The van der Waals surface area contributed by atoms with E-state index in [4.69, 9.17) is 14.2 Å². The average molecular weight is 378 g/mol. The maximum Gasteiger partial charge on any atom is 0.339 e. The van der Waals surface area contributed by atoms with Crippen molar-refractivity contribution in [2.75, 3.05) is 7.11 Å². The van der Waals surface area contributed by atoms with E-state index < -0.39 is 5.97 Å². The molecule has 28 heavy (non-hydrogen) atoms. The fourth-order valence-electron chi connectivity index (χ4n) is 2.46. The molecule has 0 atom stereocenters. The molecule has 0 bridgehead atoms. The summed E-state index contributed by atoms with van der Waals surface area (Å²) in [7, 11) is 1.38. The molecular formula is C21H18N2O5. The van der Waals surface area contributed by atoms with Gasteiger partial charge in [-0.05, 0) is 24.6 Å². The predicted octanol–water partition coefficient (Wildman–Crippen LogP) is 4.44. The molecule has 0 aliphatic rings. The topological polar surface area (TPSA) is 90.8 Å². The molecule has 7 heteroatoms. The van der Waals surface area contributed by atoms with Crippen LogP contribution >= 0.6 is 0 Å². The van der Waals surface area contributed by atoms with Crippen molar-refractivity contribution < 1.29 is 24.1 Å². The molecule has 0 aliphatic carbocycles. The van der Waals surface area contributed by atoms with Gasteiger partial charge in [0, 0.05) is 5.56 Å². The number of hydrogen-bond donors (Lipinski definition) is 1. The van der Waals surface area contributed by atoms with E-state index >= 15 is 0 Å². The lowest BCUT2D eigenvalue weighted by molar-refractivity contribution is -0.130. The van der Waals surface area contributed by atoms with Crippen LogP contribution in [0.25, 0.3) is 5.57 Å². The number of para-hydroxylation sites is 2. The Labute approximate surface area is 161 Å². The maximum atomic E-state index is 11.5. The molecule has 2 aromatic carbocycles. The van der Waals surface area contributed by atoms with Crippen molar-refractivity contribution >= 4 is 11.5 Å². The summed E-state index contributed by atoms with van der Waals surface area (Å²) in [5.41, 5.74) is 1.28. The van der Waals surface area contributed by atoms with Gasteiger partial charge in [0.1, 0.15) is 23.4 Å².